The van der Waals surface area contributed by atoms with Crippen molar-refractivity contribution in [2.24, 2.45) is 5.10 Å². The van der Waals surface area contributed by atoms with E-state index in [1.165, 1.54) is 12.1 Å². The van der Waals surface area contributed by atoms with Crippen LogP contribution < -0.4 is 0 Å². The maximum Gasteiger partial charge on any atom is 0.123 e. The van der Waals surface area contributed by atoms with Gasteiger partial charge in [-0.25, -0.2) is 9.07 Å². The summed E-state index contributed by atoms with van der Waals surface area (Å²) >= 11 is 0. The first-order valence-corrected chi connectivity index (χ1v) is 7.84. The quantitative estimate of drug-likeness (QED) is 0.815. The van der Waals surface area contributed by atoms with Crippen molar-refractivity contribution < 1.29 is 4.39 Å². The predicted octanol–water partition coefficient (Wildman–Crippen LogP) is 2.21. The number of likely N-dealkylation sites (N-methyl/N-ethyl adjacent to an activating group) is 1. The van der Waals surface area contributed by atoms with Crippen LogP contribution in [-0.4, -0.2) is 59.1 Å². The Morgan fingerprint density at radius 3 is 2.39 bits per heavy atom. The Balaban J connectivity index is 1.82. The standard InChI is InChI=1S/C17H22FN5/c1-13-17(12-19-22-10-8-21(3)9-11-22)14(2)23(20-13)16-6-4-15(18)5-7-16/h4-7,12H,8-11H2,1-3H3/b19-12-. The molecule has 1 saturated heterocycles. The molecule has 0 saturated carbocycles. The van der Waals surface area contributed by atoms with Gasteiger partial charge in [0.2, 0.25) is 0 Å². The minimum Gasteiger partial charge on any atom is -0.303 e. The van der Waals surface area contributed by atoms with E-state index in [1.54, 1.807) is 12.1 Å². The van der Waals surface area contributed by atoms with Gasteiger partial charge in [-0.2, -0.15) is 10.2 Å². The van der Waals surface area contributed by atoms with E-state index in [9.17, 15) is 4.39 Å². The molecule has 2 aromatic rings. The van der Waals surface area contributed by atoms with E-state index in [-0.39, 0.29) is 5.82 Å². The smallest absolute Gasteiger partial charge is 0.123 e. The van der Waals surface area contributed by atoms with Crippen LogP contribution >= 0.6 is 0 Å². The summed E-state index contributed by atoms with van der Waals surface area (Å²) in [5, 5.41) is 11.3. The molecule has 1 aromatic heterocycles. The number of aromatic nitrogens is 2. The van der Waals surface area contributed by atoms with E-state index < -0.39 is 0 Å². The molecule has 0 spiro atoms. The van der Waals surface area contributed by atoms with Gasteiger partial charge in [-0.3, -0.25) is 5.01 Å². The molecule has 1 aliphatic rings. The molecule has 1 fully saturated rings. The third kappa shape index (κ3) is 3.42. The summed E-state index contributed by atoms with van der Waals surface area (Å²) in [6, 6.07) is 6.36. The van der Waals surface area contributed by atoms with Gasteiger partial charge in [0.05, 0.1) is 23.3 Å². The number of halogens is 1. The fraction of sp³-hybridized carbons (Fsp3) is 0.412. The highest BCUT2D eigenvalue weighted by molar-refractivity contribution is 5.82. The first-order chi connectivity index (χ1) is 11.0. The molecular weight excluding hydrogens is 293 g/mol. The molecule has 5 nitrogen and oxygen atoms in total. The van der Waals surface area contributed by atoms with E-state index in [2.05, 4.69) is 27.2 Å². The van der Waals surface area contributed by atoms with Gasteiger partial charge >= 0.3 is 0 Å². The van der Waals surface area contributed by atoms with Crippen LogP contribution in [0.5, 0.6) is 0 Å². The van der Waals surface area contributed by atoms with Gasteiger partial charge < -0.3 is 4.90 Å². The lowest BCUT2D eigenvalue weighted by molar-refractivity contribution is 0.159. The highest BCUT2D eigenvalue weighted by Gasteiger charge is 2.14. The number of benzene rings is 1. The summed E-state index contributed by atoms with van der Waals surface area (Å²) < 4.78 is 14.9. The monoisotopic (exact) mass is 315 g/mol. The summed E-state index contributed by atoms with van der Waals surface area (Å²) in [4.78, 5) is 2.30. The van der Waals surface area contributed by atoms with Gasteiger partial charge in [0.1, 0.15) is 5.82 Å². The van der Waals surface area contributed by atoms with Crippen LogP contribution in [-0.2, 0) is 0 Å². The van der Waals surface area contributed by atoms with Gasteiger partial charge in [-0.05, 0) is 45.2 Å². The lowest BCUT2D eigenvalue weighted by atomic mass is 10.2. The average molecular weight is 315 g/mol. The topological polar surface area (TPSA) is 36.7 Å². The van der Waals surface area contributed by atoms with Gasteiger partial charge in [0.15, 0.2) is 0 Å². The number of hydrazone groups is 1. The minimum atomic E-state index is -0.243. The highest BCUT2D eigenvalue weighted by Crippen LogP contribution is 2.17. The van der Waals surface area contributed by atoms with Crippen molar-refractivity contribution in [2.75, 3.05) is 33.2 Å². The number of nitrogens with zero attached hydrogens (tertiary/aromatic N) is 5. The molecule has 1 aromatic carbocycles. The predicted molar refractivity (Wildman–Crippen MR) is 89.7 cm³/mol. The normalized spacial score (nSPS) is 16.4. The molecule has 23 heavy (non-hydrogen) atoms. The molecular formula is C17H22FN5. The number of hydrogen-bond acceptors (Lipinski definition) is 4. The van der Waals surface area contributed by atoms with Crippen molar-refractivity contribution in [3.05, 3.63) is 47.0 Å². The van der Waals surface area contributed by atoms with Gasteiger partial charge in [0.25, 0.3) is 0 Å². The van der Waals surface area contributed by atoms with E-state index >= 15 is 0 Å². The van der Waals surface area contributed by atoms with Gasteiger partial charge in [-0.15, -0.1) is 0 Å². The second-order valence-corrected chi connectivity index (χ2v) is 5.97. The lowest BCUT2D eigenvalue weighted by Crippen LogP contribution is -2.41. The molecule has 0 aliphatic carbocycles. The number of piperazine rings is 1. The number of rotatable bonds is 3. The Bertz CT molecular complexity index is 697. The number of hydrogen-bond donors (Lipinski definition) is 0. The lowest BCUT2D eigenvalue weighted by Gasteiger charge is -2.30. The molecule has 0 bridgehead atoms. The van der Waals surface area contributed by atoms with Crippen LogP contribution in [0.3, 0.4) is 0 Å². The average Bonchev–Trinajstić information content (AvgIpc) is 2.82. The van der Waals surface area contributed by atoms with Gasteiger partial charge in [0, 0.05) is 31.7 Å². The summed E-state index contributed by atoms with van der Waals surface area (Å²) in [6.07, 6.45) is 1.89. The van der Waals surface area contributed by atoms with Crippen molar-refractivity contribution in [2.45, 2.75) is 13.8 Å². The minimum absolute atomic E-state index is 0.243. The van der Waals surface area contributed by atoms with Crippen LogP contribution in [0.2, 0.25) is 0 Å². The van der Waals surface area contributed by atoms with Crippen molar-refractivity contribution in [1.29, 1.82) is 0 Å². The SMILES string of the molecule is Cc1nn(-c2ccc(F)cc2)c(C)c1/C=N\N1CCN(C)CC1. The fourth-order valence-corrected chi connectivity index (χ4v) is 2.73. The van der Waals surface area contributed by atoms with E-state index in [0.29, 0.717) is 0 Å². The molecule has 6 heteroatoms. The first-order valence-electron chi connectivity index (χ1n) is 7.84. The maximum atomic E-state index is 13.1. The zero-order valence-electron chi connectivity index (χ0n) is 13.8. The zero-order valence-corrected chi connectivity index (χ0v) is 13.8. The Hall–Kier alpha value is -2.21. The van der Waals surface area contributed by atoms with Crippen molar-refractivity contribution >= 4 is 6.21 Å². The first kappa shape index (κ1) is 15.7. The molecule has 0 unspecified atom stereocenters. The van der Waals surface area contributed by atoms with Crippen molar-refractivity contribution in [3.8, 4) is 5.69 Å². The van der Waals surface area contributed by atoms with Gasteiger partial charge in [-0.1, -0.05) is 0 Å². The fourth-order valence-electron chi connectivity index (χ4n) is 2.73. The molecule has 0 amide bonds. The summed E-state index contributed by atoms with van der Waals surface area (Å²) in [5.41, 5.74) is 3.80. The molecule has 3 rings (SSSR count). The maximum absolute atomic E-state index is 13.1. The van der Waals surface area contributed by atoms with E-state index in [4.69, 9.17) is 0 Å². The van der Waals surface area contributed by atoms with E-state index in [1.807, 2.05) is 24.7 Å². The van der Waals surface area contributed by atoms with Crippen LogP contribution in [0.4, 0.5) is 4.39 Å². The summed E-state index contributed by atoms with van der Waals surface area (Å²) in [5.74, 6) is -0.243. The second-order valence-electron chi connectivity index (χ2n) is 5.97. The summed E-state index contributed by atoms with van der Waals surface area (Å²) in [7, 11) is 2.13. The Labute approximate surface area is 136 Å². The molecule has 0 N–H and O–H groups in total. The third-order valence-corrected chi connectivity index (χ3v) is 4.25. The molecule has 1 aliphatic heterocycles. The van der Waals surface area contributed by atoms with Crippen LogP contribution in [0, 0.1) is 19.7 Å². The second kappa shape index (κ2) is 6.50. The molecule has 2 heterocycles. The zero-order chi connectivity index (χ0) is 16.4. The largest absolute Gasteiger partial charge is 0.303 e. The molecule has 122 valence electrons. The molecule has 0 atom stereocenters. The highest BCUT2D eigenvalue weighted by atomic mass is 19.1. The molecule has 0 radical (unpaired) electrons. The van der Waals surface area contributed by atoms with Crippen LogP contribution in [0.1, 0.15) is 17.0 Å². The van der Waals surface area contributed by atoms with Crippen LogP contribution in [0.15, 0.2) is 29.4 Å². The summed E-state index contributed by atoms with van der Waals surface area (Å²) in [6.45, 7) is 7.93. The Morgan fingerprint density at radius 1 is 1.09 bits per heavy atom. The Morgan fingerprint density at radius 2 is 1.74 bits per heavy atom. The van der Waals surface area contributed by atoms with Crippen LogP contribution in [0.25, 0.3) is 5.69 Å². The van der Waals surface area contributed by atoms with Crippen molar-refractivity contribution in [3.63, 3.8) is 0 Å². The third-order valence-electron chi connectivity index (χ3n) is 4.25. The van der Waals surface area contributed by atoms with E-state index in [0.717, 1.165) is 48.8 Å². The Kier molecular flexibility index (Phi) is 4.43. The van der Waals surface area contributed by atoms with Crippen molar-refractivity contribution in [1.82, 2.24) is 19.7 Å². The number of aryl methyl sites for hydroxylation is 1.